The summed E-state index contributed by atoms with van der Waals surface area (Å²) in [6.45, 7) is 0. The average Bonchev–Trinajstić information content (AvgIpc) is 2.50. The summed E-state index contributed by atoms with van der Waals surface area (Å²) in [4.78, 5) is 11.4. The topological polar surface area (TPSA) is 64.3 Å². The van der Waals surface area contributed by atoms with E-state index in [1.165, 1.54) is 18.4 Å². The van der Waals surface area contributed by atoms with Crippen LogP contribution in [0, 0.1) is 0 Å². The van der Waals surface area contributed by atoms with Crippen molar-refractivity contribution in [2.75, 3.05) is 12.5 Å². The first-order valence-corrected chi connectivity index (χ1v) is 3.74. The van der Waals surface area contributed by atoms with Crippen molar-refractivity contribution in [2.24, 2.45) is 5.84 Å². The van der Waals surface area contributed by atoms with Gasteiger partial charge in [-0.15, -0.1) is 11.3 Å². The van der Waals surface area contributed by atoms with Gasteiger partial charge in [-0.3, -0.25) is 0 Å². The number of methoxy groups -OCH3 is 1. The summed E-state index contributed by atoms with van der Waals surface area (Å²) in [5.74, 6) is 4.78. The van der Waals surface area contributed by atoms with Gasteiger partial charge in [-0.2, -0.15) is 0 Å². The van der Waals surface area contributed by atoms with Gasteiger partial charge in [-0.05, 0) is 12.1 Å². The maximum Gasteiger partial charge on any atom is 0.348 e. The molecule has 4 nitrogen and oxygen atoms in total. The van der Waals surface area contributed by atoms with Crippen molar-refractivity contribution in [3.05, 3.63) is 17.0 Å². The number of rotatable bonds is 2. The molecular weight excluding hydrogens is 164 g/mol. The summed E-state index contributed by atoms with van der Waals surface area (Å²) in [7, 11) is 1.34. The minimum absolute atomic E-state index is 0.337. The number of nitrogens with two attached hydrogens (primary N) is 1. The fraction of sp³-hybridized carbons (Fsp3) is 0.167. The lowest BCUT2D eigenvalue weighted by molar-refractivity contribution is 0.0606. The normalized spacial score (nSPS) is 9.27. The van der Waals surface area contributed by atoms with Crippen molar-refractivity contribution in [2.45, 2.75) is 0 Å². The van der Waals surface area contributed by atoms with Gasteiger partial charge in [0.2, 0.25) is 0 Å². The lowest BCUT2D eigenvalue weighted by Gasteiger charge is -1.92. The Morgan fingerprint density at radius 1 is 1.73 bits per heavy atom. The van der Waals surface area contributed by atoms with E-state index in [1.807, 2.05) is 0 Å². The van der Waals surface area contributed by atoms with E-state index in [9.17, 15) is 4.79 Å². The van der Waals surface area contributed by atoms with Crippen LogP contribution in [0.4, 0.5) is 5.00 Å². The van der Waals surface area contributed by atoms with Crippen molar-refractivity contribution < 1.29 is 9.53 Å². The highest BCUT2D eigenvalue weighted by Gasteiger charge is 2.07. The molecule has 5 heteroatoms. The number of carbonyl (C=O) groups excluding carboxylic acids is 1. The molecule has 0 fully saturated rings. The molecule has 0 radical (unpaired) electrons. The lowest BCUT2D eigenvalue weighted by atomic mass is 10.5. The van der Waals surface area contributed by atoms with Gasteiger partial charge in [0.15, 0.2) is 0 Å². The predicted molar refractivity (Wildman–Crippen MR) is 43.5 cm³/mol. The SMILES string of the molecule is COC(=O)c1ccc(NN)s1. The summed E-state index contributed by atoms with van der Waals surface area (Å²) in [6, 6.07) is 3.38. The molecule has 60 valence electrons. The monoisotopic (exact) mass is 172 g/mol. The number of anilines is 1. The Bertz CT molecular complexity index is 259. The summed E-state index contributed by atoms with van der Waals surface area (Å²) in [6.07, 6.45) is 0. The van der Waals surface area contributed by atoms with E-state index in [-0.39, 0.29) is 5.97 Å². The van der Waals surface area contributed by atoms with Crippen LogP contribution >= 0.6 is 11.3 Å². The number of nitrogen functional groups attached to an aromatic ring is 1. The molecule has 0 spiro atoms. The molecule has 0 bridgehead atoms. The Labute approximate surface area is 67.9 Å². The van der Waals surface area contributed by atoms with Gasteiger partial charge in [0.25, 0.3) is 0 Å². The van der Waals surface area contributed by atoms with Gasteiger partial charge < -0.3 is 10.2 Å². The Hall–Kier alpha value is -1.07. The van der Waals surface area contributed by atoms with Crippen LogP contribution in [0.3, 0.4) is 0 Å². The van der Waals surface area contributed by atoms with Gasteiger partial charge in [0, 0.05) is 0 Å². The van der Waals surface area contributed by atoms with Gasteiger partial charge >= 0.3 is 5.97 Å². The molecule has 1 rings (SSSR count). The predicted octanol–water partition coefficient (Wildman–Crippen LogP) is 0.820. The van der Waals surface area contributed by atoms with Crippen molar-refractivity contribution in [3.8, 4) is 0 Å². The third-order valence-corrected chi connectivity index (χ3v) is 2.13. The minimum atomic E-state index is -0.337. The highest BCUT2D eigenvalue weighted by molar-refractivity contribution is 7.17. The number of esters is 1. The maximum absolute atomic E-state index is 10.9. The summed E-state index contributed by atoms with van der Waals surface area (Å²) in [5, 5.41) is 0.741. The molecule has 0 aliphatic heterocycles. The van der Waals surface area contributed by atoms with E-state index < -0.39 is 0 Å². The number of ether oxygens (including phenoxy) is 1. The van der Waals surface area contributed by atoms with E-state index in [0.29, 0.717) is 4.88 Å². The molecule has 1 aromatic heterocycles. The molecule has 0 aliphatic rings. The molecule has 0 amide bonds. The third kappa shape index (κ3) is 1.69. The van der Waals surface area contributed by atoms with Gasteiger partial charge in [-0.25, -0.2) is 10.6 Å². The van der Waals surface area contributed by atoms with Crippen LogP contribution in [-0.4, -0.2) is 13.1 Å². The van der Waals surface area contributed by atoms with Crippen molar-refractivity contribution in [1.82, 2.24) is 0 Å². The third-order valence-electron chi connectivity index (χ3n) is 1.13. The van der Waals surface area contributed by atoms with Crippen LogP contribution in [0.25, 0.3) is 0 Å². The number of carbonyl (C=O) groups is 1. The quantitative estimate of drug-likeness (QED) is 0.394. The van der Waals surface area contributed by atoms with Crippen LogP contribution in [-0.2, 0) is 4.74 Å². The second-order valence-electron chi connectivity index (χ2n) is 1.80. The Morgan fingerprint density at radius 2 is 2.45 bits per heavy atom. The standard InChI is InChI=1S/C6H8N2O2S/c1-10-6(9)4-2-3-5(8-7)11-4/h2-3,8H,7H2,1H3. The Balaban J connectivity index is 2.80. The molecule has 0 aliphatic carbocycles. The van der Waals surface area contributed by atoms with Gasteiger partial charge in [-0.1, -0.05) is 0 Å². The minimum Gasteiger partial charge on any atom is -0.465 e. The van der Waals surface area contributed by atoms with E-state index in [4.69, 9.17) is 5.84 Å². The van der Waals surface area contributed by atoms with E-state index in [2.05, 4.69) is 10.2 Å². The molecule has 0 atom stereocenters. The van der Waals surface area contributed by atoms with E-state index in [0.717, 1.165) is 5.00 Å². The van der Waals surface area contributed by atoms with Crippen LogP contribution in [0.2, 0.25) is 0 Å². The fourth-order valence-electron chi connectivity index (χ4n) is 0.626. The molecule has 0 aromatic carbocycles. The van der Waals surface area contributed by atoms with Crippen LogP contribution in [0.1, 0.15) is 9.67 Å². The highest BCUT2D eigenvalue weighted by Crippen LogP contribution is 2.20. The van der Waals surface area contributed by atoms with Gasteiger partial charge in [0.05, 0.1) is 7.11 Å². The number of hydrogen-bond acceptors (Lipinski definition) is 5. The second kappa shape index (κ2) is 3.36. The Morgan fingerprint density at radius 3 is 2.91 bits per heavy atom. The first kappa shape index (κ1) is 8.03. The zero-order valence-corrected chi connectivity index (χ0v) is 6.77. The second-order valence-corrected chi connectivity index (χ2v) is 2.88. The number of thiophene rings is 1. The largest absolute Gasteiger partial charge is 0.465 e. The van der Waals surface area contributed by atoms with Crippen LogP contribution < -0.4 is 11.3 Å². The van der Waals surface area contributed by atoms with Crippen LogP contribution in [0.5, 0.6) is 0 Å². The van der Waals surface area contributed by atoms with E-state index in [1.54, 1.807) is 12.1 Å². The molecular formula is C6H8N2O2S. The Kier molecular flexibility index (Phi) is 2.45. The molecule has 11 heavy (non-hydrogen) atoms. The smallest absolute Gasteiger partial charge is 0.348 e. The maximum atomic E-state index is 10.9. The van der Waals surface area contributed by atoms with E-state index >= 15 is 0 Å². The zero-order valence-electron chi connectivity index (χ0n) is 5.96. The fourth-order valence-corrected chi connectivity index (χ4v) is 1.36. The number of hydrogen-bond donors (Lipinski definition) is 2. The zero-order chi connectivity index (χ0) is 8.27. The molecule has 0 saturated heterocycles. The summed E-state index contributed by atoms with van der Waals surface area (Å²) >= 11 is 1.25. The average molecular weight is 172 g/mol. The van der Waals surface area contributed by atoms with Gasteiger partial charge in [0.1, 0.15) is 9.88 Å². The lowest BCUT2D eigenvalue weighted by Crippen LogP contribution is -2.04. The van der Waals surface area contributed by atoms with Crippen molar-refractivity contribution in [1.29, 1.82) is 0 Å². The first-order valence-electron chi connectivity index (χ1n) is 2.92. The highest BCUT2D eigenvalue weighted by atomic mass is 32.1. The van der Waals surface area contributed by atoms with Crippen molar-refractivity contribution in [3.63, 3.8) is 0 Å². The molecule has 1 heterocycles. The number of nitrogens with one attached hydrogen (secondary N) is 1. The summed E-state index contributed by atoms with van der Waals surface area (Å²) < 4.78 is 4.50. The molecule has 0 saturated carbocycles. The van der Waals surface area contributed by atoms with Crippen LogP contribution in [0.15, 0.2) is 12.1 Å². The molecule has 1 aromatic rings. The molecule has 0 unspecified atom stereocenters. The first-order chi connectivity index (χ1) is 5.27. The summed E-state index contributed by atoms with van der Waals surface area (Å²) in [5.41, 5.74) is 2.44. The van der Waals surface area contributed by atoms with Crippen molar-refractivity contribution >= 4 is 22.3 Å². The number of hydrazine groups is 1. The molecule has 3 N–H and O–H groups in total.